The second-order valence-electron chi connectivity index (χ2n) is 8.20. The molecule has 1 amide bonds. The van der Waals surface area contributed by atoms with Gasteiger partial charge in [0.2, 0.25) is 23.2 Å². The predicted molar refractivity (Wildman–Crippen MR) is 128 cm³/mol. The minimum Gasteiger partial charge on any atom is -0.447 e. The van der Waals surface area contributed by atoms with Gasteiger partial charge in [-0.25, -0.2) is 0 Å². The SMILES string of the molecule is CCCCSc1nnc2c(n1)O[C@@H](c1cccc(C)c1)N(C(C)=O)c1c(C)cc(C)cc1-2. The summed E-state index contributed by atoms with van der Waals surface area (Å²) in [6, 6.07) is 12.1. The average Bonchev–Trinajstić information content (AvgIpc) is 2.88. The van der Waals surface area contributed by atoms with E-state index in [0.717, 1.165) is 52.1 Å². The van der Waals surface area contributed by atoms with Crippen molar-refractivity contribution in [3.63, 3.8) is 0 Å². The summed E-state index contributed by atoms with van der Waals surface area (Å²) in [7, 11) is 0. The topological polar surface area (TPSA) is 68.2 Å². The summed E-state index contributed by atoms with van der Waals surface area (Å²) < 4.78 is 6.47. The number of aromatic nitrogens is 3. The highest BCUT2D eigenvalue weighted by atomic mass is 32.2. The molecule has 6 nitrogen and oxygen atoms in total. The van der Waals surface area contributed by atoms with Crippen molar-refractivity contribution in [2.75, 3.05) is 10.7 Å². The summed E-state index contributed by atoms with van der Waals surface area (Å²) in [6.45, 7) is 9.79. The van der Waals surface area contributed by atoms with Gasteiger partial charge in [-0.2, -0.15) is 4.98 Å². The molecular weight excluding hydrogens is 420 g/mol. The molecule has 32 heavy (non-hydrogen) atoms. The zero-order valence-electron chi connectivity index (χ0n) is 19.2. The fourth-order valence-corrected chi connectivity index (χ4v) is 4.88. The van der Waals surface area contributed by atoms with Crippen molar-refractivity contribution >= 4 is 23.4 Å². The van der Waals surface area contributed by atoms with Crippen LogP contribution in [-0.2, 0) is 4.79 Å². The third kappa shape index (κ3) is 4.35. The molecule has 2 aromatic carbocycles. The number of thioether (sulfide) groups is 1. The van der Waals surface area contributed by atoms with Gasteiger partial charge in [-0.05, 0) is 38.8 Å². The van der Waals surface area contributed by atoms with Crippen LogP contribution >= 0.6 is 11.8 Å². The maximum atomic E-state index is 13.0. The minimum atomic E-state index is -0.654. The third-order valence-corrected chi connectivity index (χ3v) is 6.35. The highest BCUT2D eigenvalue weighted by molar-refractivity contribution is 7.99. The molecule has 0 radical (unpaired) electrons. The molecule has 3 aromatic rings. The van der Waals surface area contributed by atoms with Crippen molar-refractivity contribution in [3.05, 3.63) is 58.7 Å². The van der Waals surface area contributed by atoms with Crippen molar-refractivity contribution in [1.29, 1.82) is 0 Å². The number of nitrogens with zero attached hydrogens (tertiary/aromatic N) is 4. The molecule has 1 aliphatic heterocycles. The van der Waals surface area contributed by atoms with Gasteiger partial charge in [0, 0.05) is 23.8 Å². The van der Waals surface area contributed by atoms with Crippen LogP contribution < -0.4 is 9.64 Å². The number of aryl methyl sites for hydroxylation is 3. The van der Waals surface area contributed by atoms with Crippen molar-refractivity contribution in [1.82, 2.24) is 15.2 Å². The molecule has 0 aliphatic carbocycles. The molecule has 1 aromatic heterocycles. The molecule has 0 saturated carbocycles. The highest BCUT2D eigenvalue weighted by Gasteiger charge is 2.35. The Hall–Kier alpha value is -2.93. The summed E-state index contributed by atoms with van der Waals surface area (Å²) in [6.07, 6.45) is 1.53. The van der Waals surface area contributed by atoms with Gasteiger partial charge < -0.3 is 4.74 Å². The van der Waals surface area contributed by atoms with E-state index < -0.39 is 6.23 Å². The standard InChI is InChI=1S/C25H28N4O2S/c1-6-7-11-32-25-26-23-21(27-28-25)20-14-16(3)12-17(4)22(20)29(18(5)30)24(31-23)19-10-8-9-15(2)13-19/h8-10,12-14,24H,6-7,11H2,1-5H3/t24-/m0/s1. The van der Waals surface area contributed by atoms with E-state index in [0.29, 0.717) is 16.7 Å². The molecule has 2 heterocycles. The average molecular weight is 449 g/mol. The highest BCUT2D eigenvalue weighted by Crippen LogP contribution is 2.45. The van der Waals surface area contributed by atoms with Gasteiger partial charge in [0.05, 0.1) is 5.69 Å². The zero-order chi connectivity index (χ0) is 22.8. The maximum absolute atomic E-state index is 13.0. The van der Waals surface area contributed by atoms with E-state index in [1.807, 2.05) is 51.1 Å². The van der Waals surface area contributed by atoms with E-state index in [4.69, 9.17) is 9.72 Å². The quantitative estimate of drug-likeness (QED) is 0.363. The fraction of sp³-hybridized carbons (Fsp3) is 0.360. The summed E-state index contributed by atoms with van der Waals surface area (Å²) in [5, 5.41) is 9.47. The Kier molecular flexibility index (Phi) is 6.46. The monoisotopic (exact) mass is 448 g/mol. The number of ether oxygens (including phenoxy) is 1. The minimum absolute atomic E-state index is 0.108. The van der Waals surface area contributed by atoms with Gasteiger partial charge in [0.25, 0.3) is 0 Å². The first-order valence-electron chi connectivity index (χ1n) is 10.9. The molecule has 0 fully saturated rings. The van der Waals surface area contributed by atoms with Crippen LogP contribution in [0.3, 0.4) is 0 Å². The van der Waals surface area contributed by atoms with E-state index in [-0.39, 0.29) is 5.91 Å². The van der Waals surface area contributed by atoms with E-state index in [1.165, 1.54) is 0 Å². The first-order chi connectivity index (χ1) is 15.4. The second kappa shape index (κ2) is 9.28. The van der Waals surface area contributed by atoms with Crippen LogP contribution in [0.4, 0.5) is 5.69 Å². The Morgan fingerprint density at radius 3 is 2.66 bits per heavy atom. The van der Waals surface area contributed by atoms with E-state index in [2.05, 4.69) is 23.2 Å². The number of hydrogen-bond acceptors (Lipinski definition) is 6. The number of unbranched alkanes of at least 4 members (excludes halogenated alkanes) is 1. The normalized spacial score (nSPS) is 14.9. The Balaban J connectivity index is 1.93. The molecule has 0 N–H and O–H groups in total. The van der Waals surface area contributed by atoms with Crippen LogP contribution in [0.1, 0.15) is 55.2 Å². The number of fused-ring (bicyclic) bond motifs is 3. The predicted octanol–water partition coefficient (Wildman–Crippen LogP) is 5.80. The lowest BCUT2D eigenvalue weighted by Crippen LogP contribution is -2.36. The summed E-state index contributed by atoms with van der Waals surface area (Å²) in [5.74, 6) is 1.22. The van der Waals surface area contributed by atoms with Crippen molar-refractivity contribution in [2.24, 2.45) is 0 Å². The van der Waals surface area contributed by atoms with Crippen molar-refractivity contribution in [2.45, 2.75) is 58.8 Å². The Labute approximate surface area is 193 Å². The smallest absolute Gasteiger partial charge is 0.247 e. The lowest BCUT2D eigenvalue weighted by Gasteiger charge is -2.31. The molecule has 4 rings (SSSR count). The third-order valence-electron chi connectivity index (χ3n) is 5.43. The summed E-state index contributed by atoms with van der Waals surface area (Å²) in [4.78, 5) is 19.4. The number of benzene rings is 2. The number of rotatable bonds is 5. The maximum Gasteiger partial charge on any atom is 0.247 e. The molecule has 0 unspecified atom stereocenters. The largest absolute Gasteiger partial charge is 0.447 e. The van der Waals surface area contributed by atoms with Crippen LogP contribution in [0.2, 0.25) is 0 Å². The first-order valence-corrected chi connectivity index (χ1v) is 11.9. The van der Waals surface area contributed by atoms with E-state index >= 15 is 0 Å². The van der Waals surface area contributed by atoms with Crippen molar-refractivity contribution in [3.8, 4) is 17.1 Å². The van der Waals surface area contributed by atoms with Crippen LogP contribution in [-0.4, -0.2) is 26.8 Å². The van der Waals surface area contributed by atoms with Crippen LogP contribution in [0.5, 0.6) is 5.88 Å². The lowest BCUT2D eigenvalue weighted by molar-refractivity contribution is -0.118. The number of hydrogen-bond donors (Lipinski definition) is 0. The van der Waals surface area contributed by atoms with Crippen LogP contribution in [0.15, 0.2) is 41.6 Å². The van der Waals surface area contributed by atoms with Gasteiger partial charge in [-0.15, -0.1) is 10.2 Å². The second-order valence-corrected chi connectivity index (χ2v) is 9.26. The van der Waals surface area contributed by atoms with Gasteiger partial charge in [-0.1, -0.05) is 66.6 Å². The molecule has 1 aliphatic rings. The van der Waals surface area contributed by atoms with Crippen LogP contribution in [0, 0.1) is 20.8 Å². The van der Waals surface area contributed by atoms with E-state index in [1.54, 1.807) is 23.6 Å². The van der Waals surface area contributed by atoms with Gasteiger partial charge in [-0.3, -0.25) is 9.69 Å². The van der Waals surface area contributed by atoms with Gasteiger partial charge in [0.1, 0.15) is 0 Å². The molecule has 1 atom stereocenters. The summed E-state index contributed by atoms with van der Waals surface area (Å²) in [5.41, 5.74) is 6.20. The molecule has 0 spiro atoms. The molecule has 166 valence electrons. The Morgan fingerprint density at radius 2 is 1.94 bits per heavy atom. The summed E-state index contributed by atoms with van der Waals surface area (Å²) >= 11 is 1.57. The molecular formula is C25H28N4O2S. The number of amides is 1. The van der Waals surface area contributed by atoms with E-state index in [9.17, 15) is 4.79 Å². The zero-order valence-corrected chi connectivity index (χ0v) is 20.0. The van der Waals surface area contributed by atoms with Crippen molar-refractivity contribution < 1.29 is 9.53 Å². The Morgan fingerprint density at radius 1 is 1.12 bits per heavy atom. The van der Waals surface area contributed by atoms with Gasteiger partial charge in [0.15, 0.2) is 5.69 Å². The molecule has 0 bridgehead atoms. The van der Waals surface area contributed by atoms with Gasteiger partial charge >= 0.3 is 0 Å². The number of carbonyl (C=O) groups excluding carboxylic acids is 1. The lowest BCUT2D eigenvalue weighted by atomic mass is 10.00. The number of carbonyl (C=O) groups is 1. The number of anilines is 1. The first kappa shape index (κ1) is 22.3. The fourth-order valence-electron chi connectivity index (χ4n) is 4.02. The molecule has 0 saturated heterocycles. The Bertz CT molecular complexity index is 1160. The molecule has 7 heteroatoms. The van der Waals surface area contributed by atoms with Crippen LogP contribution in [0.25, 0.3) is 11.3 Å².